The van der Waals surface area contributed by atoms with Gasteiger partial charge in [0.15, 0.2) is 0 Å². The second-order valence-corrected chi connectivity index (χ2v) is 3.98. The molecule has 0 aliphatic rings. The Hall–Kier alpha value is -2.36. The second kappa shape index (κ2) is 6.54. The highest BCUT2D eigenvalue weighted by molar-refractivity contribution is 5.69. The second-order valence-electron chi connectivity index (χ2n) is 3.98. The minimum Gasteiger partial charge on any atom is -0.491 e. The monoisotopic (exact) mass is 256 g/mol. The number of aldehydes is 1. The molecule has 0 spiro atoms. The highest BCUT2D eigenvalue weighted by Gasteiger charge is 2.06. The molecule has 98 valence electrons. The van der Waals surface area contributed by atoms with E-state index in [1.54, 1.807) is 6.20 Å². The molecular formula is C15H16N2O2. The van der Waals surface area contributed by atoms with Gasteiger partial charge in [-0.1, -0.05) is 6.07 Å². The van der Waals surface area contributed by atoms with Crippen molar-refractivity contribution in [3.63, 3.8) is 0 Å². The summed E-state index contributed by atoms with van der Waals surface area (Å²) >= 11 is 0. The van der Waals surface area contributed by atoms with Crippen LogP contribution in [0.5, 0.6) is 5.75 Å². The minimum atomic E-state index is 0.390. The SMILES string of the molecule is CNc1cc(-c2ccccn2)ccc1OCCC=O. The summed E-state index contributed by atoms with van der Waals surface area (Å²) in [5.74, 6) is 0.740. The summed E-state index contributed by atoms with van der Waals surface area (Å²) in [7, 11) is 1.84. The molecule has 0 bridgehead atoms. The summed E-state index contributed by atoms with van der Waals surface area (Å²) in [6.45, 7) is 0.390. The van der Waals surface area contributed by atoms with Crippen LogP contribution in [-0.2, 0) is 4.79 Å². The third-order valence-corrected chi connectivity index (χ3v) is 2.70. The van der Waals surface area contributed by atoms with Crippen LogP contribution in [0, 0.1) is 0 Å². The van der Waals surface area contributed by atoms with E-state index in [-0.39, 0.29) is 0 Å². The predicted octanol–water partition coefficient (Wildman–Crippen LogP) is 2.76. The fourth-order valence-electron chi connectivity index (χ4n) is 1.76. The zero-order chi connectivity index (χ0) is 13.5. The van der Waals surface area contributed by atoms with E-state index in [1.165, 1.54) is 0 Å². The van der Waals surface area contributed by atoms with E-state index in [4.69, 9.17) is 4.74 Å². The molecule has 1 aromatic carbocycles. The molecule has 0 fully saturated rings. The molecule has 0 amide bonds. The van der Waals surface area contributed by atoms with Gasteiger partial charge in [0.25, 0.3) is 0 Å². The van der Waals surface area contributed by atoms with Gasteiger partial charge in [-0.25, -0.2) is 0 Å². The van der Waals surface area contributed by atoms with Gasteiger partial charge in [0.1, 0.15) is 12.0 Å². The van der Waals surface area contributed by atoms with E-state index < -0.39 is 0 Å². The summed E-state index contributed by atoms with van der Waals surface area (Å²) < 4.78 is 5.55. The largest absolute Gasteiger partial charge is 0.491 e. The van der Waals surface area contributed by atoms with Gasteiger partial charge in [0, 0.05) is 25.2 Å². The van der Waals surface area contributed by atoms with Gasteiger partial charge in [-0.2, -0.15) is 0 Å². The number of aromatic nitrogens is 1. The first kappa shape index (κ1) is 13.1. The summed E-state index contributed by atoms with van der Waals surface area (Å²) in [5, 5.41) is 3.09. The maximum Gasteiger partial charge on any atom is 0.142 e. The molecule has 1 aromatic heterocycles. The van der Waals surface area contributed by atoms with Crippen LogP contribution in [-0.4, -0.2) is 24.9 Å². The Kier molecular flexibility index (Phi) is 4.50. The van der Waals surface area contributed by atoms with Crippen LogP contribution in [0.4, 0.5) is 5.69 Å². The number of nitrogens with zero attached hydrogens (tertiary/aromatic N) is 1. The van der Waals surface area contributed by atoms with Crippen LogP contribution >= 0.6 is 0 Å². The zero-order valence-electron chi connectivity index (χ0n) is 10.8. The van der Waals surface area contributed by atoms with E-state index >= 15 is 0 Å². The van der Waals surface area contributed by atoms with Crippen molar-refractivity contribution in [2.75, 3.05) is 19.0 Å². The average Bonchev–Trinajstić information content (AvgIpc) is 2.48. The molecule has 4 nitrogen and oxygen atoms in total. The lowest BCUT2D eigenvalue weighted by Gasteiger charge is -2.12. The van der Waals surface area contributed by atoms with Crippen molar-refractivity contribution in [1.82, 2.24) is 4.98 Å². The van der Waals surface area contributed by atoms with Crippen molar-refractivity contribution in [2.45, 2.75) is 6.42 Å². The third-order valence-electron chi connectivity index (χ3n) is 2.70. The predicted molar refractivity (Wildman–Crippen MR) is 75.4 cm³/mol. The van der Waals surface area contributed by atoms with Crippen LogP contribution in [0.15, 0.2) is 42.6 Å². The Morgan fingerprint density at radius 2 is 2.21 bits per heavy atom. The molecule has 2 rings (SSSR count). The Balaban J connectivity index is 2.23. The summed E-state index contributed by atoms with van der Waals surface area (Å²) in [4.78, 5) is 14.6. The maximum absolute atomic E-state index is 10.3. The smallest absolute Gasteiger partial charge is 0.142 e. The maximum atomic E-state index is 10.3. The van der Waals surface area contributed by atoms with E-state index in [1.807, 2.05) is 43.4 Å². The van der Waals surface area contributed by atoms with Crippen LogP contribution < -0.4 is 10.1 Å². The van der Waals surface area contributed by atoms with Gasteiger partial charge in [-0.15, -0.1) is 0 Å². The fraction of sp³-hybridized carbons (Fsp3) is 0.200. The first-order valence-corrected chi connectivity index (χ1v) is 6.15. The molecule has 0 atom stereocenters. The van der Waals surface area contributed by atoms with Gasteiger partial charge < -0.3 is 14.8 Å². The average molecular weight is 256 g/mol. The molecule has 2 aromatic rings. The Labute approximate surface area is 112 Å². The first-order valence-electron chi connectivity index (χ1n) is 6.15. The van der Waals surface area contributed by atoms with Crippen LogP contribution in [0.2, 0.25) is 0 Å². The van der Waals surface area contributed by atoms with Crippen molar-refractivity contribution < 1.29 is 9.53 Å². The highest BCUT2D eigenvalue weighted by Crippen LogP contribution is 2.29. The molecule has 1 N–H and O–H groups in total. The number of ether oxygens (including phenoxy) is 1. The van der Waals surface area contributed by atoms with E-state index in [0.29, 0.717) is 13.0 Å². The normalized spacial score (nSPS) is 9.95. The summed E-state index contributed by atoms with van der Waals surface area (Å²) in [5.41, 5.74) is 2.82. The van der Waals surface area contributed by atoms with E-state index in [9.17, 15) is 4.79 Å². The molecule has 4 heteroatoms. The molecule has 0 saturated carbocycles. The van der Waals surface area contributed by atoms with Crippen LogP contribution in [0.25, 0.3) is 11.3 Å². The lowest BCUT2D eigenvalue weighted by molar-refractivity contribution is -0.108. The van der Waals surface area contributed by atoms with Crippen molar-refractivity contribution in [3.8, 4) is 17.0 Å². The Bertz CT molecular complexity index is 541. The van der Waals surface area contributed by atoms with Crippen molar-refractivity contribution in [3.05, 3.63) is 42.6 Å². The first-order chi connectivity index (χ1) is 9.35. The van der Waals surface area contributed by atoms with Crippen LogP contribution in [0.1, 0.15) is 6.42 Å². The zero-order valence-corrected chi connectivity index (χ0v) is 10.8. The van der Waals surface area contributed by atoms with Gasteiger partial charge >= 0.3 is 0 Å². The Morgan fingerprint density at radius 1 is 1.32 bits per heavy atom. The summed E-state index contributed by atoms with van der Waals surface area (Å²) in [6, 6.07) is 11.6. The number of hydrogen-bond donors (Lipinski definition) is 1. The van der Waals surface area contributed by atoms with Crippen LogP contribution in [0.3, 0.4) is 0 Å². The lowest BCUT2D eigenvalue weighted by atomic mass is 10.1. The molecule has 0 saturated heterocycles. The molecule has 0 unspecified atom stereocenters. The molecule has 0 aliphatic carbocycles. The molecule has 0 radical (unpaired) electrons. The number of rotatable bonds is 6. The number of hydrogen-bond acceptors (Lipinski definition) is 4. The van der Waals surface area contributed by atoms with E-state index in [2.05, 4.69) is 10.3 Å². The quantitative estimate of drug-likeness (QED) is 0.638. The summed E-state index contributed by atoms with van der Waals surface area (Å²) in [6.07, 6.45) is 3.01. The van der Waals surface area contributed by atoms with Crippen molar-refractivity contribution in [2.24, 2.45) is 0 Å². The molecule has 0 aliphatic heterocycles. The van der Waals surface area contributed by atoms with E-state index in [0.717, 1.165) is 29.0 Å². The molecular weight excluding hydrogens is 240 g/mol. The topological polar surface area (TPSA) is 51.2 Å². The number of carbonyl (C=O) groups is 1. The number of benzene rings is 1. The Morgan fingerprint density at radius 3 is 2.89 bits per heavy atom. The van der Waals surface area contributed by atoms with Gasteiger partial charge in [-0.05, 0) is 30.3 Å². The number of carbonyl (C=O) groups excluding carboxylic acids is 1. The fourth-order valence-corrected chi connectivity index (χ4v) is 1.76. The van der Waals surface area contributed by atoms with Crippen molar-refractivity contribution in [1.29, 1.82) is 0 Å². The minimum absolute atomic E-state index is 0.390. The van der Waals surface area contributed by atoms with Gasteiger partial charge in [0.2, 0.25) is 0 Å². The van der Waals surface area contributed by atoms with Gasteiger partial charge in [-0.3, -0.25) is 4.98 Å². The standard InChI is InChI=1S/C15H16N2O2/c1-16-14-11-12(13-5-2-3-8-17-13)6-7-15(14)19-10-4-9-18/h2-3,5-9,11,16H,4,10H2,1H3. The van der Waals surface area contributed by atoms with Crippen molar-refractivity contribution >= 4 is 12.0 Å². The van der Waals surface area contributed by atoms with Gasteiger partial charge in [0.05, 0.1) is 18.0 Å². The molecule has 19 heavy (non-hydrogen) atoms. The third kappa shape index (κ3) is 3.31. The number of anilines is 1. The number of pyridine rings is 1. The highest BCUT2D eigenvalue weighted by atomic mass is 16.5. The molecule has 1 heterocycles. The lowest BCUT2D eigenvalue weighted by Crippen LogP contribution is -2.01. The number of nitrogens with one attached hydrogen (secondary N) is 1.